The van der Waals surface area contributed by atoms with Crippen LogP contribution in [-0.2, 0) is 4.79 Å². The number of fused-ring (bicyclic) bond motifs is 1. The molecule has 1 aromatic carbocycles. The molecule has 0 spiro atoms. The number of hydrogen-bond acceptors (Lipinski definition) is 2. The van der Waals surface area contributed by atoms with Crippen LogP contribution in [0.1, 0.15) is 23.7 Å². The first-order valence-corrected chi connectivity index (χ1v) is 6.69. The molecule has 3 rings (SSSR count). The van der Waals surface area contributed by atoms with Crippen molar-refractivity contribution in [2.75, 3.05) is 6.54 Å². The Kier molecular flexibility index (Phi) is 2.97. The summed E-state index contributed by atoms with van der Waals surface area (Å²) in [7, 11) is 0. The molecular formula is C15H16N2O3. The van der Waals surface area contributed by atoms with Crippen LogP contribution in [0.5, 0.6) is 0 Å². The Morgan fingerprint density at radius 2 is 2.10 bits per heavy atom. The monoisotopic (exact) mass is 272 g/mol. The van der Waals surface area contributed by atoms with Crippen LogP contribution in [0, 0.1) is 5.92 Å². The molecular weight excluding hydrogens is 256 g/mol. The van der Waals surface area contributed by atoms with Gasteiger partial charge in [-0.1, -0.05) is 25.1 Å². The van der Waals surface area contributed by atoms with Gasteiger partial charge in [0.2, 0.25) is 0 Å². The number of aromatic amines is 1. The number of amides is 1. The zero-order valence-electron chi connectivity index (χ0n) is 11.2. The van der Waals surface area contributed by atoms with Crippen LogP contribution >= 0.6 is 0 Å². The zero-order valence-corrected chi connectivity index (χ0v) is 11.2. The van der Waals surface area contributed by atoms with Crippen molar-refractivity contribution in [2.24, 2.45) is 5.92 Å². The standard InChI is InChI=1S/C15H16N2O3/c1-9-6-7-17(13(9)15(19)20)14(18)11-8-16-12-5-3-2-4-10(11)12/h2-5,8-9,13,16H,6-7H2,1H3,(H,19,20). The minimum absolute atomic E-state index is 0.0124. The van der Waals surface area contributed by atoms with Crippen molar-refractivity contribution in [2.45, 2.75) is 19.4 Å². The van der Waals surface area contributed by atoms with Crippen molar-refractivity contribution < 1.29 is 14.7 Å². The Labute approximate surface area is 116 Å². The second-order valence-electron chi connectivity index (χ2n) is 5.30. The third-order valence-electron chi connectivity index (χ3n) is 4.03. The number of benzene rings is 1. The van der Waals surface area contributed by atoms with Gasteiger partial charge in [0.1, 0.15) is 6.04 Å². The summed E-state index contributed by atoms with van der Waals surface area (Å²) in [4.78, 5) is 28.5. The third kappa shape index (κ3) is 1.86. The fraction of sp³-hybridized carbons (Fsp3) is 0.333. The summed E-state index contributed by atoms with van der Waals surface area (Å²) >= 11 is 0. The summed E-state index contributed by atoms with van der Waals surface area (Å²) < 4.78 is 0. The van der Waals surface area contributed by atoms with Gasteiger partial charge in [-0.15, -0.1) is 0 Å². The molecule has 1 saturated heterocycles. The lowest BCUT2D eigenvalue weighted by Crippen LogP contribution is -2.42. The SMILES string of the molecule is CC1CCN(C(=O)c2c[nH]c3ccccc23)C1C(=O)O. The first-order chi connectivity index (χ1) is 9.59. The van der Waals surface area contributed by atoms with Crippen molar-refractivity contribution in [1.82, 2.24) is 9.88 Å². The molecule has 0 radical (unpaired) electrons. The minimum atomic E-state index is -0.928. The highest BCUT2D eigenvalue weighted by atomic mass is 16.4. The molecule has 5 heteroatoms. The van der Waals surface area contributed by atoms with Gasteiger partial charge in [-0.25, -0.2) is 4.79 Å². The molecule has 1 aliphatic rings. The number of likely N-dealkylation sites (tertiary alicyclic amines) is 1. The summed E-state index contributed by atoms with van der Waals surface area (Å²) in [6.07, 6.45) is 2.39. The Balaban J connectivity index is 1.98. The highest BCUT2D eigenvalue weighted by Crippen LogP contribution is 2.28. The number of para-hydroxylation sites is 1. The number of carbonyl (C=O) groups is 2. The predicted molar refractivity (Wildman–Crippen MR) is 74.5 cm³/mol. The molecule has 2 heterocycles. The predicted octanol–water partition coefficient (Wildman–Crippen LogP) is 2.10. The largest absolute Gasteiger partial charge is 0.480 e. The maximum atomic E-state index is 12.6. The Morgan fingerprint density at radius 1 is 1.35 bits per heavy atom. The summed E-state index contributed by atoms with van der Waals surface area (Å²) in [5.41, 5.74) is 1.43. The normalized spacial score (nSPS) is 22.4. The Hall–Kier alpha value is -2.30. The van der Waals surface area contributed by atoms with Crippen LogP contribution in [0.25, 0.3) is 10.9 Å². The van der Waals surface area contributed by atoms with Gasteiger partial charge >= 0.3 is 5.97 Å². The molecule has 1 fully saturated rings. The van der Waals surface area contributed by atoms with Crippen molar-refractivity contribution >= 4 is 22.8 Å². The molecule has 1 aromatic heterocycles. The van der Waals surface area contributed by atoms with E-state index in [1.165, 1.54) is 4.90 Å². The van der Waals surface area contributed by atoms with Crippen molar-refractivity contribution in [1.29, 1.82) is 0 Å². The fourth-order valence-corrected chi connectivity index (χ4v) is 2.95. The van der Waals surface area contributed by atoms with E-state index in [0.29, 0.717) is 12.1 Å². The maximum absolute atomic E-state index is 12.6. The van der Waals surface area contributed by atoms with E-state index in [9.17, 15) is 14.7 Å². The fourth-order valence-electron chi connectivity index (χ4n) is 2.95. The van der Waals surface area contributed by atoms with Crippen LogP contribution in [0.4, 0.5) is 0 Å². The highest BCUT2D eigenvalue weighted by molar-refractivity contribution is 6.07. The number of nitrogens with one attached hydrogen (secondary N) is 1. The third-order valence-corrected chi connectivity index (χ3v) is 4.03. The maximum Gasteiger partial charge on any atom is 0.326 e. The van der Waals surface area contributed by atoms with E-state index in [4.69, 9.17) is 0 Å². The molecule has 1 aliphatic heterocycles. The first kappa shape index (κ1) is 12.7. The zero-order chi connectivity index (χ0) is 14.3. The van der Waals surface area contributed by atoms with Gasteiger partial charge in [0, 0.05) is 23.6 Å². The Bertz CT molecular complexity index is 677. The smallest absolute Gasteiger partial charge is 0.326 e. The van der Waals surface area contributed by atoms with Crippen molar-refractivity contribution in [3.63, 3.8) is 0 Å². The minimum Gasteiger partial charge on any atom is -0.480 e. The lowest BCUT2D eigenvalue weighted by atomic mass is 10.0. The van der Waals surface area contributed by atoms with Gasteiger partial charge in [-0.2, -0.15) is 0 Å². The number of aliphatic carboxylic acids is 1. The molecule has 2 N–H and O–H groups in total. The number of hydrogen-bond donors (Lipinski definition) is 2. The van der Waals surface area contributed by atoms with E-state index in [1.807, 2.05) is 31.2 Å². The average molecular weight is 272 g/mol. The van der Waals surface area contributed by atoms with Crippen LogP contribution in [0.15, 0.2) is 30.5 Å². The van der Waals surface area contributed by atoms with E-state index >= 15 is 0 Å². The molecule has 2 atom stereocenters. The van der Waals surface area contributed by atoms with Gasteiger partial charge in [-0.05, 0) is 18.4 Å². The number of nitrogens with zero attached hydrogens (tertiary/aromatic N) is 1. The molecule has 0 saturated carbocycles. The summed E-state index contributed by atoms with van der Waals surface area (Å²) in [6, 6.07) is 6.80. The van der Waals surface area contributed by atoms with Crippen molar-refractivity contribution in [3.05, 3.63) is 36.0 Å². The van der Waals surface area contributed by atoms with E-state index in [0.717, 1.165) is 17.3 Å². The average Bonchev–Trinajstić information content (AvgIpc) is 3.01. The first-order valence-electron chi connectivity index (χ1n) is 6.69. The topological polar surface area (TPSA) is 73.4 Å². The molecule has 2 unspecified atom stereocenters. The van der Waals surface area contributed by atoms with Crippen LogP contribution in [0.2, 0.25) is 0 Å². The number of carboxylic acid groups (broad SMARTS) is 1. The highest BCUT2D eigenvalue weighted by Gasteiger charge is 2.40. The van der Waals surface area contributed by atoms with Crippen LogP contribution < -0.4 is 0 Å². The number of H-pyrrole nitrogens is 1. The Morgan fingerprint density at radius 3 is 2.85 bits per heavy atom. The summed E-state index contributed by atoms with van der Waals surface area (Å²) in [5, 5.41) is 10.1. The van der Waals surface area contributed by atoms with Gasteiger partial charge in [-0.3, -0.25) is 4.79 Å². The van der Waals surface area contributed by atoms with Crippen LogP contribution in [0.3, 0.4) is 0 Å². The van der Waals surface area contributed by atoms with Crippen LogP contribution in [-0.4, -0.2) is 39.5 Å². The molecule has 20 heavy (non-hydrogen) atoms. The molecule has 0 bridgehead atoms. The lowest BCUT2D eigenvalue weighted by Gasteiger charge is -2.23. The van der Waals surface area contributed by atoms with Crippen molar-refractivity contribution in [3.8, 4) is 0 Å². The van der Waals surface area contributed by atoms with Gasteiger partial charge in [0.25, 0.3) is 5.91 Å². The van der Waals surface area contributed by atoms with Gasteiger partial charge in [0.15, 0.2) is 0 Å². The number of aromatic nitrogens is 1. The number of rotatable bonds is 2. The second kappa shape index (κ2) is 4.67. The quantitative estimate of drug-likeness (QED) is 0.879. The van der Waals surface area contributed by atoms with Gasteiger partial charge in [0.05, 0.1) is 5.56 Å². The molecule has 0 aliphatic carbocycles. The summed E-state index contributed by atoms with van der Waals surface area (Å²) in [5.74, 6) is -1.15. The van der Waals surface area contributed by atoms with E-state index < -0.39 is 12.0 Å². The number of carbonyl (C=O) groups excluding carboxylic acids is 1. The second-order valence-corrected chi connectivity index (χ2v) is 5.30. The van der Waals surface area contributed by atoms with E-state index in [-0.39, 0.29) is 11.8 Å². The molecule has 104 valence electrons. The lowest BCUT2D eigenvalue weighted by molar-refractivity contribution is -0.142. The summed E-state index contributed by atoms with van der Waals surface area (Å²) in [6.45, 7) is 2.37. The van der Waals surface area contributed by atoms with Gasteiger partial charge < -0.3 is 15.0 Å². The number of carboxylic acids is 1. The molecule has 5 nitrogen and oxygen atoms in total. The molecule has 1 amide bonds. The van der Waals surface area contributed by atoms with E-state index in [2.05, 4.69) is 4.98 Å². The molecule has 2 aromatic rings. The van der Waals surface area contributed by atoms with E-state index in [1.54, 1.807) is 6.20 Å².